The molecule has 0 amide bonds. The third-order valence-corrected chi connectivity index (χ3v) is 18.9. The Bertz CT molecular complexity index is 2450. The Hall–Kier alpha value is -3.34. The van der Waals surface area contributed by atoms with Crippen LogP contribution in [0.15, 0.2) is 40.5 Å². The van der Waals surface area contributed by atoms with E-state index in [1.165, 1.54) is 38.0 Å². The maximum absolute atomic E-state index is 14.9. The van der Waals surface area contributed by atoms with E-state index in [9.17, 15) is 38.0 Å². The van der Waals surface area contributed by atoms with Gasteiger partial charge in [-0.15, -0.1) is 5.10 Å². The minimum Gasteiger partial charge on any atom is -0.459 e. The summed E-state index contributed by atoms with van der Waals surface area (Å²) in [6.45, 7) is 18.6. The maximum Gasteiger partial charge on any atom is 0.311 e. The molecule has 4 aliphatic rings. The normalized spacial score (nSPS) is 39.2. The molecule has 24 heteroatoms. The van der Waals surface area contributed by atoms with Crippen LogP contribution in [0, 0.1) is 23.7 Å². The lowest BCUT2D eigenvalue weighted by Gasteiger charge is -2.50. The Morgan fingerprint density at radius 1 is 0.963 bits per heavy atom. The lowest BCUT2D eigenvalue weighted by atomic mass is 9.73. The van der Waals surface area contributed by atoms with Crippen molar-refractivity contribution in [2.75, 3.05) is 60.9 Å². The Kier molecular flexibility index (Phi) is 23.3. The summed E-state index contributed by atoms with van der Waals surface area (Å²) in [6.07, 6.45) is -5.97. The maximum atomic E-state index is 14.9. The lowest BCUT2D eigenvalue weighted by Crippen LogP contribution is -2.61. The first-order valence-electron chi connectivity index (χ1n) is 28.7. The summed E-state index contributed by atoms with van der Waals surface area (Å²) in [7, 11) is 2.92. The number of rotatable bonds is 19. The molecule has 0 unspecified atom stereocenters. The van der Waals surface area contributed by atoms with Crippen molar-refractivity contribution < 1.29 is 80.8 Å². The van der Waals surface area contributed by atoms with Gasteiger partial charge in [0, 0.05) is 83.5 Å². The van der Waals surface area contributed by atoms with Gasteiger partial charge in [0.05, 0.1) is 63.9 Å². The van der Waals surface area contributed by atoms with Crippen molar-refractivity contribution in [2.24, 2.45) is 28.8 Å². The molecule has 2 aromatic rings. The number of aliphatic hydroxyl groups is 4. The number of alkyl halides is 1. The second kappa shape index (κ2) is 28.2. The number of benzene rings is 1. The second-order valence-electron chi connectivity index (χ2n) is 24.0. The first kappa shape index (κ1) is 66.8. The number of ether oxygens (including phenoxy) is 8. The highest BCUT2D eigenvalue weighted by atomic mass is 32.2. The molecule has 0 bridgehead atoms. The fourth-order valence-corrected chi connectivity index (χ4v) is 13.1. The molecule has 1 aromatic heterocycles. The van der Waals surface area contributed by atoms with Gasteiger partial charge in [0.2, 0.25) is 0 Å². The Labute approximate surface area is 478 Å². The molecule has 0 aliphatic carbocycles. The fourth-order valence-electron chi connectivity index (χ4n) is 12.5. The second-order valence-corrected chi connectivity index (χ2v) is 26.0. The zero-order chi connectivity index (χ0) is 59.9. The molecule has 6 rings (SSSR count). The highest BCUT2D eigenvalue weighted by Crippen LogP contribution is 2.43. The fraction of sp³-hybridized carbons (Fsp3) is 0.825. The van der Waals surface area contributed by atoms with Gasteiger partial charge in [0.15, 0.2) is 22.4 Å². The summed E-state index contributed by atoms with van der Waals surface area (Å²) < 4.78 is 91.9. The van der Waals surface area contributed by atoms with Gasteiger partial charge in [-0.25, -0.2) is 17.5 Å². The monoisotopic (exact) mass is 1170 g/mol. The van der Waals surface area contributed by atoms with Gasteiger partial charge in [0.1, 0.15) is 48.8 Å². The van der Waals surface area contributed by atoms with E-state index in [2.05, 4.69) is 15.6 Å². The number of methoxy groups -OCH3 is 3. The number of oxime groups is 1. The molecule has 0 saturated carbocycles. The third kappa shape index (κ3) is 15.6. The Balaban J connectivity index is 1.34. The summed E-state index contributed by atoms with van der Waals surface area (Å²) in [5.41, 5.74) is -2.81. The zero-order valence-electron chi connectivity index (χ0n) is 50.3. The number of nitrogens with one attached hydrogen (secondary N) is 1. The first-order chi connectivity index (χ1) is 38.1. The van der Waals surface area contributed by atoms with Gasteiger partial charge in [-0.1, -0.05) is 50.2 Å². The molecule has 21 atom stereocenters. The molecule has 5 N–H and O–H groups in total. The van der Waals surface area contributed by atoms with Crippen LogP contribution < -0.4 is 5.32 Å². The SMILES string of the molecule is CC[C@H]1OC(=O)[C@H](C)[C@@H](O[C@H]2C[C@@](C)(OC)[C@@H](O)[C@H](C)O2)[C@H](C)[C@@H](O[C@@H]2O[C@H](C)C[C@H](N(C)CCc3cn([C@H](CF)[C@H](OC)c4ccc(S(C)(=O)=O)cc4)nn3)[C@H]2O)[C@](C)(OC)C[C@@H](C)/C(=N\O[C@@H]2CCCNC2)[C@H](C)[C@@H](O)[C@]1(C)O. The van der Waals surface area contributed by atoms with Crippen LogP contribution in [-0.2, 0) is 63.8 Å². The van der Waals surface area contributed by atoms with Gasteiger partial charge >= 0.3 is 5.97 Å². The Morgan fingerprint density at radius 3 is 2.23 bits per heavy atom. The summed E-state index contributed by atoms with van der Waals surface area (Å²) in [4.78, 5) is 23.1. The molecule has 22 nitrogen and oxygen atoms in total. The van der Waals surface area contributed by atoms with Crippen LogP contribution in [0.25, 0.3) is 0 Å². The van der Waals surface area contributed by atoms with Crippen molar-refractivity contribution in [2.45, 2.75) is 222 Å². The topological polar surface area (TPSA) is 274 Å². The zero-order valence-corrected chi connectivity index (χ0v) is 51.1. The largest absolute Gasteiger partial charge is 0.459 e. The van der Waals surface area contributed by atoms with Gasteiger partial charge in [-0.05, 0) is 105 Å². The molecule has 1 aromatic carbocycles. The number of esters is 1. The molecule has 462 valence electrons. The predicted octanol–water partition coefficient (Wildman–Crippen LogP) is 4.50. The minimum absolute atomic E-state index is 0.0799. The average Bonchev–Trinajstić information content (AvgIpc) is 3.91. The summed E-state index contributed by atoms with van der Waals surface area (Å²) in [5, 5.41) is 65.0. The van der Waals surface area contributed by atoms with E-state index in [0.29, 0.717) is 42.9 Å². The quantitative estimate of drug-likeness (QED) is 0.0957. The number of nitrogens with zero attached hydrogens (tertiary/aromatic N) is 5. The Morgan fingerprint density at radius 2 is 1.64 bits per heavy atom. The molecule has 4 saturated heterocycles. The van der Waals surface area contributed by atoms with Gasteiger partial charge in [0.25, 0.3) is 0 Å². The molecule has 5 heterocycles. The van der Waals surface area contributed by atoms with E-state index in [4.69, 9.17) is 47.9 Å². The minimum atomic E-state index is -3.45. The summed E-state index contributed by atoms with van der Waals surface area (Å²) in [6, 6.07) is 4.67. The van der Waals surface area contributed by atoms with Crippen molar-refractivity contribution in [3.63, 3.8) is 0 Å². The van der Waals surface area contributed by atoms with E-state index in [1.807, 2.05) is 39.6 Å². The number of cyclic esters (lactones) is 1. The number of aromatic nitrogens is 3. The number of carbonyl (C=O) groups is 1. The standard InChI is InChI=1S/C57H95FN6O16S/c1-16-44-57(10,69)50(66)34(4)46(61-80-40-18-17-24-59-30-40)32(2)27-56(9,74-14)52(35(5)48(36(6)53(68)77-44)78-45-28-55(8,73-13)51(67)37(7)76-45)79-54-47(65)42(26-33(3)75-54)63(11)25-23-39-31-64(62-60-39)43(29-58)49(72-12)38-19-21-41(22-20-38)81(15,70)71/h19-22,31-37,40,42-45,47-52,54,59,65-67,69H,16-18,23-30H2,1-15H3/b61-46+/t32-,33-,34+,35+,36-,37+,40-,42+,43-,44-,45+,47-,48+,49-,50-,51+,52-,54+,55-,56-,57-/m1/s1. The number of sulfone groups is 1. The van der Waals surface area contributed by atoms with Crippen molar-refractivity contribution in [3.05, 3.63) is 41.7 Å². The molecule has 4 aliphatic heterocycles. The van der Waals surface area contributed by atoms with Gasteiger partial charge in [-0.3, -0.25) is 4.79 Å². The van der Waals surface area contributed by atoms with Crippen LogP contribution in [0.4, 0.5) is 4.39 Å². The highest BCUT2D eigenvalue weighted by Gasteiger charge is 2.54. The highest BCUT2D eigenvalue weighted by molar-refractivity contribution is 7.90. The third-order valence-electron chi connectivity index (χ3n) is 17.8. The lowest BCUT2D eigenvalue weighted by molar-refractivity contribution is -0.319. The smallest absolute Gasteiger partial charge is 0.311 e. The summed E-state index contributed by atoms with van der Waals surface area (Å²) >= 11 is 0. The van der Waals surface area contributed by atoms with Crippen molar-refractivity contribution in [1.29, 1.82) is 0 Å². The number of halogens is 1. The van der Waals surface area contributed by atoms with Crippen LogP contribution in [0.5, 0.6) is 0 Å². The number of aliphatic hydroxyl groups excluding tert-OH is 3. The molecular formula is C57H95FN6O16S. The number of hydrogen-bond acceptors (Lipinski definition) is 21. The van der Waals surface area contributed by atoms with Crippen LogP contribution in [-0.4, -0.2) is 212 Å². The number of likely N-dealkylation sites (N-methyl/N-ethyl adjacent to an activating group) is 1. The van der Waals surface area contributed by atoms with Crippen molar-refractivity contribution in [3.8, 4) is 0 Å². The predicted molar refractivity (Wildman–Crippen MR) is 297 cm³/mol. The van der Waals surface area contributed by atoms with Gasteiger partial charge < -0.3 is 73.4 Å². The van der Waals surface area contributed by atoms with Crippen molar-refractivity contribution in [1.82, 2.24) is 25.2 Å². The molecule has 0 radical (unpaired) electrons. The van der Waals surface area contributed by atoms with E-state index >= 15 is 0 Å². The number of hydrogen-bond donors (Lipinski definition) is 5. The average molecular weight is 1170 g/mol. The number of piperidine rings is 1. The van der Waals surface area contributed by atoms with E-state index < -0.39 is 143 Å². The number of carbonyl (C=O) groups excluding carboxylic acids is 1. The molecule has 0 spiro atoms. The van der Waals surface area contributed by atoms with Crippen molar-refractivity contribution >= 4 is 21.5 Å². The van der Waals surface area contributed by atoms with E-state index in [1.54, 1.807) is 60.1 Å². The summed E-state index contributed by atoms with van der Waals surface area (Å²) in [5.74, 6) is -3.95. The molecule has 81 heavy (non-hydrogen) atoms. The van der Waals surface area contributed by atoms with Gasteiger partial charge in [-0.2, -0.15) is 0 Å². The molecular weight excluding hydrogens is 1080 g/mol. The van der Waals surface area contributed by atoms with E-state index in [0.717, 1.165) is 25.6 Å². The van der Waals surface area contributed by atoms with Crippen LogP contribution in [0.3, 0.4) is 0 Å². The molecule has 4 fully saturated rings. The van der Waals surface area contributed by atoms with E-state index in [-0.39, 0.29) is 30.3 Å². The van der Waals surface area contributed by atoms with Crippen LogP contribution in [0.1, 0.15) is 131 Å². The first-order valence-corrected chi connectivity index (χ1v) is 30.6. The van der Waals surface area contributed by atoms with Crippen LogP contribution in [0.2, 0.25) is 0 Å². The van der Waals surface area contributed by atoms with Crippen LogP contribution >= 0.6 is 0 Å².